The zero-order valence-corrected chi connectivity index (χ0v) is 20.8. The van der Waals surface area contributed by atoms with Crippen LogP contribution < -0.4 is 24.8 Å². The van der Waals surface area contributed by atoms with Gasteiger partial charge in [-0.15, -0.1) is 0 Å². The summed E-state index contributed by atoms with van der Waals surface area (Å²) in [5.41, 5.74) is 1.65. The fraction of sp³-hybridized carbons (Fsp3) is 0.458. The number of carbonyl (C=O) groups is 2. The lowest BCUT2D eigenvalue weighted by atomic mass is 9.92. The van der Waals surface area contributed by atoms with E-state index in [2.05, 4.69) is 25.7 Å². The normalized spacial score (nSPS) is 17.3. The molecule has 0 radical (unpaired) electrons. The third kappa shape index (κ3) is 4.84. The maximum atomic E-state index is 13.0. The number of benzene rings is 1. The molecule has 1 aliphatic carbocycles. The Morgan fingerprint density at radius 1 is 1.03 bits per heavy atom. The van der Waals surface area contributed by atoms with Gasteiger partial charge in [-0.3, -0.25) is 10.1 Å². The van der Waals surface area contributed by atoms with E-state index in [9.17, 15) is 9.59 Å². The highest BCUT2D eigenvalue weighted by Crippen LogP contribution is 2.40. The zero-order chi connectivity index (χ0) is 25.3. The van der Waals surface area contributed by atoms with Crippen molar-refractivity contribution < 1.29 is 23.8 Å². The predicted molar refractivity (Wildman–Crippen MR) is 132 cm³/mol. The van der Waals surface area contributed by atoms with Crippen molar-refractivity contribution >= 4 is 35.1 Å². The number of hydrogen-bond acceptors (Lipinski definition) is 7. The summed E-state index contributed by atoms with van der Waals surface area (Å²) < 4.78 is 17.4. The Morgan fingerprint density at radius 3 is 2.31 bits per heavy atom. The van der Waals surface area contributed by atoms with E-state index in [1.54, 1.807) is 18.2 Å². The quantitative estimate of drug-likeness (QED) is 0.666. The number of carbonyl (C=O) groups excluding carboxylic acids is 2. The molecule has 1 aliphatic heterocycles. The number of anilines is 2. The largest absolute Gasteiger partial charge is 0.493 e. The second kappa shape index (κ2) is 9.40. The van der Waals surface area contributed by atoms with E-state index in [0.717, 1.165) is 25.0 Å². The average molecular weight is 483 g/mol. The van der Waals surface area contributed by atoms with Gasteiger partial charge in [0.15, 0.2) is 11.5 Å². The minimum Gasteiger partial charge on any atom is -0.493 e. The van der Waals surface area contributed by atoms with Crippen LogP contribution in [0.5, 0.6) is 17.2 Å². The molecule has 35 heavy (non-hydrogen) atoms. The molecule has 1 fully saturated rings. The van der Waals surface area contributed by atoms with Crippen molar-refractivity contribution in [1.82, 2.24) is 9.78 Å². The topological polar surface area (TPSA) is 128 Å². The van der Waals surface area contributed by atoms with Crippen LogP contribution in [-0.2, 0) is 10.2 Å². The fourth-order valence-corrected chi connectivity index (χ4v) is 4.07. The number of hydrogen-bond donors (Lipinski definition) is 2. The summed E-state index contributed by atoms with van der Waals surface area (Å²) in [6.45, 7) is 6.02. The summed E-state index contributed by atoms with van der Waals surface area (Å²) in [5.74, 6) is 1.25. The van der Waals surface area contributed by atoms with Crippen LogP contribution in [0.4, 0.5) is 16.3 Å². The molecule has 4 rings (SSSR count). The molecular formula is C24H30N6O5. The van der Waals surface area contributed by atoms with Crippen LogP contribution >= 0.6 is 0 Å². The second-order valence-corrected chi connectivity index (χ2v) is 9.37. The van der Waals surface area contributed by atoms with Crippen LogP contribution in [-0.4, -0.2) is 54.7 Å². The summed E-state index contributed by atoms with van der Waals surface area (Å²) >= 11 is 0. The Hall–Kier alpha value is -3.89. The van der Waals surface area contributed by atoms with E-state index in [1.165, 1.54) is 26.0 Å². The number of nitrogens with zero attached hydrogens (tertiary/aromatic N) is 4. The Bertz CT molecular complexity index is 1200. The Morgan fingerprint density at radius 2 is 1.71 bits per heavy atom. The van der Waals surface area contributed by atoms with Gasteiger partial charge in [-0.05, 0) is 19.3 Å². The minimum absolute atomic E-state index is 0.154. The van der Waals surface area contributed by atoms with Crippen LogP contribution in [0, 0.1) is 5.92 Å². The van der Waals surface area contributed by atoms with E-state index >= 15 is 0 Å². The SMILES string of the molecule is COc1cc(NC(=O)Nc2cc(C(C)(C)C)nn2C2=NC(=O)C3CCCC3=N2)cc(OC)c1OC. The first-order valence-corrected chi connectivity index (χ1v) is 11.3. The van der Waals surface area contributed by atoms with Gasteiger partial charge >= 0.3 is 6.03 Å². The molecule has 2 N–H and O–H groups in total. The van der Waals surface area contributed by atoms with Crippen LogP contribution in [0.3, 0.4) is 0 Å². The Kier molecular flexibility index (Phi) is 6.51. The molecule has 11 heteroatoms. The van der Waals surface area contributed by atoms with Gasteiger partial charge in [0.1, 0.15) is 5.82 Å². The highest BCUT2D eigenvalue weighted by atomic mass is 16.5. The number of urea groups is 1. The zero-order valence-electron chi connectivity index (χ0n) is 20.8. The van der Waals surface area contributed by atoms with Crippen molar-refractivity contribution in [2.45, 2.75) is 45.4 Å². The molecule has 0 spiro atoms. The van der Waals surface area contributed by atoms with Crippen molar-refractivity contribution in [3.63, 3.8) is 0 Å². The smallest absolute Gasteiger partial charge is 0.324 e. The third-order valence-electron chi connectivity index (χ3n) is 5.91. The maximum Gasteiger partial charge on any atom is 0.324 e. The molecule has 0 saturated heterocycles. The van der Waals surface area contributed by atoms with Crippen LogP contribution in [0.15, 0.2) is 28.2 Å². The number of methoxy groups -OCH3 is 3. The molecule has 3 amide bonds. The van der Waals surface area contributed by atoms with Gasteiger partial charge < -0.3 is 19.5 Å². The standard InChI is InChI=1S/C24H30N6O5/c1-24(2,3)18-12-19(30(29-18)22-26-15-9-7-8-14(15)21(31)28-22)27-23(32)25-13-10-16(33-4)20(35-6)17(11-13)34-5/h10-12,14H,7-9H2,1-6H3,(H2,25,27,32). The van der Waals surface area contributed by atoms with Gasteiger partial charge in [0.25, 0.3) is 11.9 Å². The maximum absolute atomic E-state index is 13.0. The number of amides is 3. The van der Waals surface area contributed by atoms with Gasteiger partial charge in [0, 0.05) is 29.3 Å². The van der Waals surface area contributed by atoms with Crippen molar-refractivity contribution in [3.8, 4) is 17.2 Å². The molecule has 11 nitrogen and oxygen atoms in total. The van der Waals surface area contributed by atoms with Crippen molar-refractivity contribution in [2.75, 3.05) is 32.0 Å². The molecule has 1 aromatic carbocycles. The van der Waals surface area contributed by atoms with Crippen LogP contribution in [0.1, 0.15) is 45.7 Å². The number of fused-ring (bicyclic) bond motifs is 1. The number of nitrogens with one attached hydrogen (secondary N) is 2. The minimum atomic E-state index is -0.532. The number of ether oxygens (including phenoxy) is 3. The monoisotopic (exact) mass is 482 g/mol. The number of rotatable bonds is 5. The fourth-order valence-electron chi connectivity index (χ4n) is 4.07. The average Bonchev–Trinajstić information content (AvgIpc) is 3.45. The number of aromatic nitrogens is 2. The molecule has 2 aromatic rings. The highest BCUT2D eigenvalue weighted by Gasteiger charge is 2.34. The summed E-state index contributed by atoms with van der Waals surface area (Å²) in [4.78, 5) is 34.3. The molecule has 1 unspecified atom stereocenters. The first kappa shape index (κ1) is 24.2. The lowest BCUT2D eigenvalue weighted by Crippen LogP contribution is -2.29. The second-order valence-electron chi connectivity index (χ2n) is 9.37. The highest BCUT2D eigenvalue weighted by molar-refractivity contribution is 6.17. The molecule has 0 bridgehead atoms. The van der Waals surface area contributed by atoms with E-state index in [1.807, 2.05) is 20.8 Å². The van der Waals surface area contributed by atoms with E-state index in [4.69, 9.17) is 14.2 Å². The summed E-state index contributed by atoms with van der Waals surface area (Å²) in [5, 5.41) is 10.2. The van der Waals surface area contributed by atoms with Gasteiger partial charge in [0.2, 0.25) is 5.75 Å². The lowest BCUT2D eigenvalue weighted by molar-refractivity contribution is -0.119. The predicted octanol–water partition coefficient (Wildman–Crippen LogP) is 3.84. The van der Waals surface area contributed by atoms with Gasteiger partial charge in [0.05, 0.1) is 38.6 Å². The van der Waals surface area contributed by atoms with Crippen LogP contribution in [0.25, 0.3) is 0 Å². The summed E-state index contributed by atoms with van der Waals surface area (Å²) in [6, 6.07) is 4.46. The van der Waals surface area contributed by atoms with E-state index in [-0.39, 0.29) is 23.2 Å². The van der Waals surface area contributed by atoms with Gasteiger partial charge in [-0.2, -0.15) is 14.8 Å². The van der Waals surface area contributed by atoms with Crippen molar-refractivity contribution in [2.24, 2.45) is 15.9 Å². The molecule has 186 valence electrons. The molecule has 1 saturated carbocycles. The van der Waals surface area contributed by atoms with Crippen molar-refractivity contribution in [1.29, 1.82) is 0 Å². The molecule has 1 aromatic heterocycles. The van der Waals surface area contributed by atoms with Gasteiger partial charge in [-0.1, -0.05) is 20.8 Å². The third-order valence-corrected chi connectivity index (χ3v) is 5.91. The molecular weight excluding hydrogens is 452 g/mol. The molecule has 1 atom stereocenters. The Labute approximate surface area is 203 Å². The summed E-state index contributed by atoms with van der Waals surface area (Å²) in [6.07, 6.45) is 2.43. The van der Waals surface area contributed by atoms with E-state index < -0.39 is 6.03 Å². The molecule has 2 heterocycles. The first-order valence-electron chi connectivity index (χ1n) is 11.3. The summed E-state index contributed by atoms with van der Waals surface area (Å²) in [7, 11) is 4.50. The molecule has 2 aliphatic rings. The van der Waals surface area contributed by atoms with Crippen molar-refractivity contribution in [3.05, 3.63) is 23.9 Å². The number of aliphatic imine (C=N–C) groups is 2. The van der Waals surface area contributed by atoms with Gasteiger partial charge in [-0.25, -0.2) is 9.79 Å². The van der Waals surface area contributed by atoms with E-state index in [0.29, 0.717) is 34.4 Å². The first-order chi connectivity index (χ1) is 16.6. The Balaban J connectivity index is 1.64. The van der Waals surface area contributed by atoms with Crippen LogP contribution in [0.2, 0.25) is 0 Å². The lowest BCUT2D eigenvalue weighted by Gasteiger charge is -2.16.